The Hall–Kier alpha value is -0.110. The minimum Gasteiger partial charge on any atom is -0.423 e. The summed E-state index contributed by atoms with van der Waals surface area (Å²) in [6.07, 6.45) is 8.83. The first kappa shape index (κ1) is 18.9. The fourth-order valence-corrected chi connectivity index (χ4v) is 8.81. The monoisotopic (exact) mass is 335 g/mol. The van der Waals surface area contributed by atoms with Gasteiger partial charge in [-0.05, 0) is 19.3 Å². The van der Waals surface area contributed by atoms with Crippen LogP contribution in [0.3, 0.4) is 0 Å². The molecule has 122 valence electrons. The quantitative estimate of drug-likeness (QED) is 0.463. The third kappa shape index (κ3) is 4.68. The molecule has 0 spiro atoms. The van der Waals surface area contributed by atoms with Crippen molar-refractivity contribution < 1.29 is 14.6 Å². The van der Waals surface area contributed by atoms with Gasteiger partial charge in [0.25, 0.3) is 6.29 Å². The lowest BCUT2D eigenvalue weighted by Gasteiger charge is -2.29. The van der Waals surface area contributed by atoms with Gasteiger partial charge in [-0.3, -0.25) is 0 Å². The van der Waals surface area contributed by atoms with Crippen molar-refractivity contribution in [2.24, 2.45) is 0 Å². The number of ether oxygens (including phenoxy) is 1. The molecule has 0 aromatic rings. The van der Waals surface area contributed by atoms with Crippen LogP contribution in [0.25, 0.3) is 0 Å². The summed E-state index contributed by atoms with van der Waals surface area (Å²) in [5.74, 6) is -0.548. The van der Waals surface area contributed by atoms with E-state index in [1.54, 1.807) is 0 Å². The van der Waals surface area contributed by atoms with Gasteiger partial charge in [0, 0.05) is 0 Å². The van der Waals surface area contributed by atoms with Gasteiger partial charge >= 0.3 is 5.97 Å². The largest absolute Gasteiger partial charge is 0.423 e. The van der Waals surface area contributed by atoms with Gasteiger partial charge in [0.15, 0.2) is 10.3 Å². The number of unbranched alkanes of at least 4 members (excludes halogenated alkanes) is 3. The first-order valence-electron chi connectivity index (χ1n) is 8.17. The number of esters is 1. The van der Waals surface area contributed by atoms with Crippen molar-refractivity contribution in [3.05, 3.63) is 10.3 Å². The van der Waals surface area contributed by atoms with Gasteiger partial charge in [0.1, 0.15) is 0 Å². The first-order valence-corrected chi connectivity index (χ1v) is 10.9. The van der Waals surface area contributed by atoms with Crippen molar-refractivity contribution in [1.29, 1.82) is 0 Å². The van der Waals surface area contributed by atoms with Gasteiger partial charge < -0.3 is 9.84 Å². The second-order valence-electron chi connectivity index (χ2n) is 5.83. The lowest BCUT2D eigenvalue weighted by atomic mass is 10.4. The van der Waals surface area contributed by atoms with Crippen LogP contribution in [0, 0.1) is 0 Å². The summed E-state index contributed by atoms with van der Waals surface area (Å²) in [7, 11) is -1.59. The predicted octanol–water partition coefficient (Wildman–Crippen LogP) is 4.73. The van der Waals surface area contributed by atoms with E-state index in [2.05, 4.69) is 20.8 Å². The average Bonchev–Trinajstić information content (AvgIpc) is 2.73. The molecule has 5 heteroatoms. The number of hydrogen-bond acceptors (Lipinski definition) is 3. The number of carbonyl (C=O) groups excluding carboxylic acids is 1. The smallest absolute Gasteiger partial charge is 0.356 e. The molecular weight excluding hydrogens is 307 g/mol. The predicted molar refractivity (Wildman–Crippen MR) is 91.2 cm³/mol. The summed E-state index contributed by atoms with van der Waals surface area (Å²) in [6.45, 7) is 6.53. The minimum absolute atomic E-state index is 0.166. The normalized spacial score (nSPS) is 19.3. The summed E-state index contributed by atoms with van der Waals surface area (Å²) in [5.41, 5.74) is 0. The van der Waals surface area contributed by atoms with Crippen LogP contribution in [0.15, 0.2) is 10.3 Å². The molecule has 3 nitrogen and oxygen atoms in total. The number of aliphatic hydroxyl groups excluding tert-OH is 1. The summed E-state index contributed by atoms with van der Waals surface area (Å²) < 4.78 is 4.97. The third-order valence-electron chi connectivity index (χ3n) is 4.19. The lowest BCUT2D eigenvalue weighted by Crippen LogP contribution is -2.19. The standard InChI is InChI=1S/C16H29ClO3P/c1-4-7-10-21(11-8-5-2,12-9-6-3)14-13(17)15(18)20-16(14)19/h16,19H,4-12H2,1-3H3/q+1. The highest BCUT2D eigenvalue weighted by Gasteiger charge is 2.51. The molecule has 1 rings (SSSR count). The maximum atomic E-state index is 11.7. The topological polar surface area (TPSA) is 46.5 Å². The molecule has 1 aliphatic rings. The van der Waals surface area contributed by atoms with Crippen molar-refractivity contribution in [3.63, 3.8) is 0 Å². The Labute approximate surface area is 134 Å². The summed E-state index contributed by atoms with van der Waals surface area (Å²) in [5, 5.41) is 11.1. The van der Waals surface area contributed by atoms with E-state index in [1.807, 2.05) is 0 Å². The van der Waals surface area contributed by atoms with Crippen molar-refractivity contribution in [1.82, 2.24) is 0 Å². The van der Waals surface area contributed by atoms with Crippen LogP contribution in [0.4, 0.5) is 0 Å². The van der Waals surface area contributed by atoms with Gasteiger partial charge in [0.05, 0.1) is 25.7 Å². The number of cyclic esters (lactones) is 1. The molecule has 1 heterocycles. The van der Waals surface area contributed by atoms with Crippen LogP contribution in [0.2, 0.25) is 0 Å². The summed E-state index contributed by atoms with van der Waals surface area (Å²) in [4.78, 5) is 11.7. The van der Waals surface area contributed by atoms with E-state index < -0.39 is 19.5 Å². The van der Waals surface area contributed by atoms with Crippen molar-refractivity contribution in [3.8, 4) is 0 Å². The Bertz CT molecular complexity index is 360. The fraction of sp³-hybridized carbons (Fsp3) is 0.812. The molecule has 0 aromatic heterocycles. The summed E-state index contributed by atoms with van der Waals surface area (Å²) >= 11 is 6.22. The van der Waals surface area contributed by atoms with Crippen LogP contribution < -0.4 is 0 Å². The van der Waals surface area contributed by atoms with Gasteiger partial charge in [-0.1, -0.05) is 51.6 Å². The number of carbonyl (C=O) groups is 1. The molecule has 21 heavy (non-hydrogen) atoms. The SMILES string of the molecule is CCCC[P+](CCCC)(CCCC)C1=C(Cl)C(=O)OC1O. The van der Waals surface area contributed by atoms with Crippen LogP contribution >= 0.6 is 18.9 Å². The van der Waals surface area contributed by atoms with Crippen molar-refractivity contribution in [2.75, 3.05) is 18.5 Å². The molecule has 1 aliphatic heterocycles. The first-order chi connectivity index (χ1) is 10.0. The molecular formula is C16H29ClO3P+. The van der Waals surface area contributed by atoms with Crippen LogP contribution in [0.5, 0.6) is 0 Å². The highest BCUT2D eigenvalue weighted by atomic mass is 35.5. The molecule has 0 bridgehead atoms. The van der Waals surface area contributed by atoms with E-state index in [0.717, 1.165) is 62.3 Å². The molecule has 1 N–H and O–H groups in total. The lowest BCUT2D eigenvalue weighted by molar-refractivity contribution is -0.150. The Kier molecular flexibility index (Phi) is 8.23. The van der Waals surface area contributed by atoms with Crippen LogP contribution in [0.1, 0.15) is 59.3 Å². The van der Waals surface area contributed by atoms with Gasteiger partial charge in [-0.2, -0.15) is 0 Å². The molecule has 1 unspecified atom stereocenters. The maximum Gasteiger partial charge on any atom is 0.356 e. The van der Waals surface area contributed by atoms with Gasteiger partial charge in [0.2, 0.25) is 0 Å². The molecule has 0 saturated carbocycles. The van der Waals surface area contributed by atoms with Crippen LogP contribution in [-0.4, -0.2) is 35.9 Å². The highest BCUT2D eigenvalue weighted by Crippen LogP contribution is 2.70. The minimum atomic E-state index is -1.59. The molecule has 0 radical (unpaired) electrons. The zero-order valence-corrected chi connectivity index (χ0v) is 15.2. The van der Waals surface area contributed by atoms with Crippen molar-refractivity contribution >= 4 is 24.8 Å². The Morgan fingerprint density at radius 2 is 1.48 bits per heavy atom. The molecule has 0 aromatic carbocycles. The van der Waals surface area contributed by atoms with Crippen LogP contribution in [-0.2, 0) is 9.53 Å². The number of aliphatic hydroxyl groups is 1. The highest BCUT2D eigenvalue weighted by molar-refractivity contribution is 7.80. The fourth-order valence-electron chi connectivity index (χ4n) is 2.94. The van der Waals surface area contributed by atoms with Gasteiger partial charge in [-0.15, -0.1) is 0 Å². The Morgan fingerprint density at radius 3 is 1.76 bits per heavy atom. The molecule has 0 fully saturated rings. The molecule has 0 saturated heterocycles. The molecule has 1 atom stereocenters. The number of hydrogen-bond donors (Lipinski definition) is 1. The summed E-state index contributed by atoms with van der Waals surface area (Å²) in [6, 6.07) is 0. The second kappa shape index (κ2) is 9.12. The van der Waals surface area contributed by atoms with E-state index >= 15 is 0 Å². The number of rotatable bonds is 10. The van der Waals surface area contributed by atoms with E-state index in [-0.39, 0.29) is 5.03 Å². The zero-order valence-electron chi connectivity index (χ0n) is 13.5. The average molecular weight is 336 g/mol. The Morgan fingerprint density at radius 1 is 1.05 bits per heavy atom. The second-order valence-corrected chi connectivity index (χ2v) is 10.3. The third-order valence-corrected chi connectivity index (χ3v) is 9.66. The van der Waals surface area contributed by atoms with E-state index in [0.29, 0.717) is 0 Å². The molecule has 0 amide bonds. The van der Waals surface area contributed by atoms with Crippen molar-refractivity contribution in [2.45, 2.75) is 65.6 Å². The number of halogens is 1. The Balaban J connectivity index is 3.14. The molecule has 0 aliphatic carbocycles. The van der Waals surface area contributed by atoms with Gasteiger partial charge in [-0.25, -0.2) is 4.79 Å². The maximum absolute atomic E-state index is 11.7. The van der Waals surface area contributed by atoms with E-state index in [4.69, 9.17) is 16.3 Å². The zero-order chi connectivity index (χ0) is 15.9. The van der Waals surface area contributed by atoms with E-state index in [9.17, 15) is 9.90 Å². The van der Waals surface area contributed by atoms with E-state index in [1.165, 1.54) is 0 Å².